The minimum atomic E-state index is -0.0533. The van der Waals surface area contributed by atoms with Gasteiger partial charge in [-0.3, -0.25) is 0 Å². The third kappa shape index (κ3) is 2.51. The van der Waals surface area contributed by atoms with Gasteiger partial charge >= 0.3 is 0 Å². The van der Waals surface area contributed by atoms with Crippen molar-refractivity contribution in [2.24, 2.45) is 5.73 Å². The van der Waals surface area contributed by atoms with Crippen LogP contribution in [0.4, 0.5) is 0 Å². The van der Waals surface area contributed by atoms with Crippen molar-refractivity contribution in [1.82, 2.24) is 4.98 Å². The second kappa shape index (κ2) is 5.31. The van der Waals surface area contributed by atoms with Gasteiger partial charge < -0.3 is 10.5 Å². The molecule has 19 heavy (non-hydrogen) atoms. The number of rotatable bonds is 4. The number of thiazole rings is 1. The number of hydrogen-bond acceptors (Lipinski definition) is 4. The Morgan fingerprint density at radius 1 is 1.37 bits per heavy atom. The number of hydrogen-bond donors (Lipinski definition) is 1. The Morgan fingerprint density at radius 2 is 2.21 bits per heavy atom. The number of methoxy groups -OCH3 is 1. The lowest BCUT2D eigenvalue weighted by molar-refractivity contribution is 0.405. The maximum atomic E-state index is 6.31. The van der Waals surface area contributed by atoms with Crippen LogP contribution in [0.3, 0.4) is 0 Å². The first-order valence-electron chi connectivity index (χ1n) is 6.64. The second-order valence-corrected chi connectivity index (χ2v) is 6.05. The molecule has 0 radical (unpaired) electrons. The fourth-order valence-electron chi connectivity index (χ4n) is 2.60. The van der Waals surface area contributed by atoms with Crippen molar-refractivity contribution < 1.29 is 4.74 Å². The Bertz CT molecular complexity index is 558. The molecule has 0 saturated carbocycles. The van der Waals surface area contributed by atoms with Gasteiger partial charge in [0.15, 0.2) is 0 Å². The summed E-state index contributed by atoms with van der Waals surface area (Å²) in [5.74, 6) is 0.860. The molecule has 1 unspecified atom stereocenters. The Hall–Kier alpha value is -1.39. The molecule has 0 fully saturated rings. The number of ether oxygens (including phenoxy) is 1. The third-order valence-electron chi connectivity index (χ3n) is 3.57. The maximum absolute atomic E-state index is 6.31. The maximum Gasteiger partial charge on any atom is 0.123 e. The fourth-order valence-corrected chi connectivity index (χ4v) is 3.82. The number of aryl methyl sites for hydroxylation is 2. The quantitative estimate of drug-likeness (QED) is 0.932. The normalized spacial score (nSPS) is 15.3. The molecule has 0 bridgehead atoms. The van der Waals surface area contributed by atoms with Crippen LogP contribution < -0.4 is 10.5 Å². The number of para-hydroxylation sites is 1. The van der Waals surface area contributed by atoms with Crippen molar-refractivity contribution in [3.63, 3.8) is 0 Å². The molecule has 2 N–H and O–H groups in total. The highest BCUT2D eigenvalue weighted by molar-refractivity contribution is 7.11. The molecule has 2 aromatic rings. The number of benzene rings is 1. The van der Waals surface area contributed by atoms with Crippen LogP contribution in [0.2, 0.25) is 0 Å². The van der Waals surface area contributed by atoms with Gasteiger partial charge in [-0.05, 0) is 25.3 Å². The molecule has 1 aliphatic rings. The molecule has 0 aliphatic heterocycles. The highest BCUT2D eigenvalue weighted by atomic mass is 32.1. The molecule has 4 heteroatoms. The highest BCUT2D eigenvalue weighted by Gasteiger charge is 2.19. The van der Waals surface area contributed by atoms with Gasteiger partial charge in [0, 0.05) is 22.9 Å². The van der Waals surface area contributed by atoms with Crippen LogP contribution in [0.5, 0.6) is 5.75 Å². The largest absolute Gasteiger partial charge is 0.496 e. The van der Waals surface area contributed by atoms with E-state index in [4.69, 9.17) is 15.5 Å². The minimum absolute atomic E-state index is 0.0533. The summed E-state index contributed by atoms with van der Waals surface area (Å²) in [5, 5.41) is 1.16. The summed E-state index contributed by atoms with van der Waals surface area (Å²) in [6.45, 7) is 0. The topological polar surface area (TPSA) is 48.1 Å². The van der Waals surface area contributed by atoms with E-state index in [0.29, 0.717) is 0 Å². The van der Waals surface area contributed by atoms with Crippen LogP contribution in [-0.2, 0) is 19.3 Å². The lowest BCUT2D eigenvalue weighted by Gasteiger charge is -2.14. The molecule has 1 aromatic carbocycles. The molecule has 3 rings (SSSR count). The minimum Gasteiger partial charge on any atom is -0.496 e. The van der Waals surface area contributed by atoms with E-state index in [9.17, 15) is 0 Å². The van der Waals surface area contributed by atoms with Gasteiger partial charge in [-0.2, -0.15) is 0 Å². The van der Waals surface area contributed by atoms with Gasteiger partial charge in [-0.15, -0.1) is 11.3 Å². The molecule has 1 aromatic heterocycles. The second-order valence-electron chi connectivity index (χ2n) is 4.88. The molecule has 100 valence electrons. The summed E-state index contributed by atoms with van der Waals surface area (Å²) >= 11 is 1.83. The van der Waals surface area contributed by atoms with Crippen LogP contribution in [0.1, 0.15) is 33.6 Å². The SMILES string of the molecule is COc1ccccc1C(N)Cc1nc2c(s1)CCC2. The number of nitrogens with two attached hydrogens (primary N) is 1. The van der Waals surface area contributed by atoms with E-state index < -0.39 is 0 Å². The zero-order chi connectivity index (χ0) is 13.2. The molecule has 0 saturated heterocycles. The molecule has 0 spiro atoms. The summed E-state index contributed by atoms with van der Waals surface area (Å²) in [6.07, 6.45) is 4.37. The van der Waals surface area contributed by atoms with Crippen molar-refractivity contribution in [3.8, 4) is 5.75 Å². The summed E-state index contributed by atoms with van der Waals surface area (Å²) in [7, 11) is 1.68. The Balaban J connectivity index is 1.78. The predicted octanol–water partition coefficient (Wildman–Crippen LogP) is 2.88. The fraction of sp³-hybridized carbons (Fsp3) is 0.400. The zero-order valence-electron chi connectivity index (χ0n) is 11.1. The van der Waals surface area contributed by atoms with E-state index in [2.05, 4.69) is 0 Å². The standard InChI is InChI=1S/C15H18N2OS/c1-18-13-7-3-2-5-10(13)11(16)9-15-17-12-6-4-8-14(12)19-15/h2-3,5,7,11H,4,6,8-9,16H2,1H3. The molecular weight excluding hydrogens is 256 g/mol. The number of aromatic nitrogens is 1. The van der Waals surface area contributed by atoms with E-state index in [1.165, 1.54) is 23.4 Å². The van der Waals surface area contributed by atoms with E-state index in [1.54, 1.807) is 7.11 Å². The van der Waals surface area contributed by atoms with Gasteiger partial charge in [0.05, 0.1) is 17.8 Å². The van der Waals surface area contributed by atoms with Crippen LogP contribution >= 0.6 is 11.3 Å². The van der Waals surface area contributed by atoms with Crippen molar-refractivity contribution in [2.75, 3.05) is 7.11 Å². The summed E-state index contributed by atoms with van der Waals surface area (Å²) in [4.78, 5) is 6.17. The third-order valence-corrected chi connectivity index (χ3v) is 4.75. The Kier molecular flexibility index (Phi) is 3.53. The summed E-state index contributed by atoms with van der Waals surface area (Å²) < 4.78 is 5.37. The van der Waals surface area contributed by atoms with Crippen LogP contribution in [-0.4, -0.2) is 12.1 Å². The molecule has 0 amide bonds. The van der Waals surface area contributed by atoms with Crippen LogP contribution in [0.25, 0.3) is 0 Å². The first kappa shape index (κ1) is 12.6. The lowest BCUT2D eigenvalue weighted by Crippen LogP contribution is -2.14. The molecule has 3 nitrogen and oxygen atoms in total. The Morgan fingerprint density at radius 3 is 3.00 bits per heavy atom. The average Bonchev–Trinajstić information content (AvgIpc) is 2.99. The first-order chi connectivity index (χ1) is 9.28. The molecule has 1 heterocycles. The van der Waals surface area contributed by atoms with Crippen LogP contribution in [0, 0.1) is 0 Å². The number of nitrogens with zero attached hydrogens (tertiary/aromatic N) is 1. The van der Waals surface area contributed by atoms with E-state index in [0.717, 1.165) is 29.2 Å². The Labute approximate surface area is 117 Å². The first-order valence-corrected chi connectivity index (χ1v) is 7.45. The van der Waals surface area contributed by atoms with Crippen molar-refractivity contribution in [2.45, 2.75) is 31.7 Å². The predicted molar refractivity (Wildman–Crippen MR) is 77.8 cm³/mol. The van der Waals surface area contributed by atoms with Crippen molar-refractivity contribution >= 4 is 11.3 Å². The number of fused-ring (bicyclic) bond motifs is 1. The van der Waals surface area contributed by atoms with Crippen molar-refractivity contribution in [1.29, 1.82) is 0 Å². The smallest absolute Gasteiger partial charge is 0.123 e. The molecule has 1 atom stereocenters. The van der Waals surface area contributed by atoms with Crippen molar-refractivity contribution in [3.05, 3.63) is 45.4 Å². The zero-order valence-corrected chi connectivity index (χ0v) is 11.9. The van der Waals surface area contributed by atoms with E-state index in [-0.39, 0.29) is 6.04 Å². The van der Waals surface area contributed by atoms with Gasteiger partial charge in [-0.25, -0.2) is 4.98 Å². The molecular formula is C15H18N2OS. The summed E-state index contributed by atoms with van der Waals surface area (Å²) in [6, 6.07) is 7.90. The van der Waals surface area contributed by atoms with Gasteiger partial charge in [0.25, 0.3) is 0 Å². The van der Waals surface area contributed by atoms with E-state index >= 15 is 0 Å². The van der Waals surface area contributed by atoms with E-state index in [1.807, 2.05) is 35.6 Å². The van der Waals surface area contributed by atoms with Crippen LogP contribution in [0.15, 0.2) is 24.3 Å². The van der Waals surface area contributed by atoms with Gasteiger partial charge in [-0.1, -0.05) is 18.2 Å². The average molecular weight is 274 g/mol. The summed E-state index contributed by atoms with van der Waals surface area (Å²) in [5.41, 5.74) is 8.66. The highest BCUT2D eigenvalue weighted by Crippen LogP contribution is 2.31. The molecule has 1 aliphatic carbocycles. The lowest BCUT2D eigenvalue weighted by atomic mass is 10.0. The monoisotopic (exact) mass is 274 g/mol. The van der Waals surface area contributed by atoms with Gasteiger partial charge in [0.1, 0.15) is 5.75 Å². The van der Waals surface area contributed by atoms with Gasteiger partial charge in [0.2, 0.25) is 0 Å².